The predicted molar refractivity (Wildman–Crippen MR) is 85.4 cm³/mol. The maximum atomic E-state index is 5.75. The molecule has 21 heavy (non-hydrogen) atoms. The third-order valence-electron chi connectivity index (χ3n) is 4.12. The lowest BCUT2D eigenvalue weighted by molar-refractivity contribution is 0.314. The van der Waals surface area contributed by atoms with Crippen LogP contribution in [0, 0.1) is 5.92 Å². The standard InChI is InChI=1S/C17H23N3O/c1-2-21-16-5-6-17-14(9-16)3-4-15(19-17)12-20-8-7-13(10-18)11-20/h3-6,9,13H,2,7-8,10-12,18H2,1H3/t13-/m1/s1. The quantitative estimate of drug-likeness (QED) is 0.916. The monoisotopic (exact) mass is 285 g/mol. The molecule has 0 unspecified atom stereocenters. The molecule has 1 aromatic carbocycles. The third kappa shape index (κ3) is 3.34. The zero-order valence-corrected chi connectivity index (χ0v) is 12.6. The molecule has 1 aromatic heterocycles. The van der Waals surface area contributed by atoms with Crippen LogP contribution in [0.3, 0.4) is 0 Å². The Morgan fingerprint density at radius 2 is 2.24 bits per heavy atom. The summed E-state index contributed by atoms with van der Waals surface area (Å²) in [5.74, 6) is 1.56. The maximum Gasteiger partial charge on any atom is 0.120 e. The first-order valence-corrected chi connectivity index (χ1v) is 7.73. The number of pyridine rings is 1. The van der Waals surface area contributed by atoms with Gasteiger partial charge in [0.15, 0.2) is 0 Å². The smallest absolute Gasteiger partial charge is 0.120 e. The molecule has 112 valence electrons. The third-order valence-corrected chi connectivity index (χ3v) is 4.12. The molecule has 0 spiro atoms. The van der Waals surface area contributed by atoms with Crippen molar-refractivity contribution in [2.75, 3.05) is 26.2 Å². The molecule has 4 heteroatoms. The second-order valence-electron chi connectivity index (χ2n) is 5.72. The molecule has 0 bridgehead atoms. The number of rotatable bonds is 5. The highest BCUT2D eigenvalue weighted by molar-refractivity contribution is 5.80. The lowest BCUT2D eigenvalue weighted by Crippen LogP contribution is -2.23. The molecule has 1 atom stereocenters. The summed E-state index contributed by atoms with van der Waals surface area (Å²) in [5, 5.41) is 1.13. The van der Waals surface area contributed by atoms with Crippen LogP contribution in [0.1, 0.15) is 19.0 Å². The van der Waals surface area contributed by atoms with Crippen molar-refractivity contribution in [3.63, 3.8) is 0 Å². The van der Waals surface area contributed by atoms with Crippen molar-refractivity contribution >= 4 is 10.9 Å². The Labute approximate surface area is 125 Å². The van der Waals surface area contributed by atoms with E-state index in [4.69, 9.17) is 15.5 Å². The molecule has 0 saturated carbocycles. The van der Waals surface area contributed by atoms with Gasteiger partial charge < -0.3 is 10.5 Å². The largest absolute Gasteiger partial charge is 0.494 e. The number of nitrogens with zero attached hydrogens (tertiary/aromatic N) is 2. The van der Waals surface area contributed by atoms with E-state index in [1.807, 2.05) is 19.1 Å². The van der Waals surface area contributed by atoms with Crippen molar-refractivity contribution in [2.45, 2.75) is 19.9 Å². The number of nitrogens with two attached hydrogens (primary N) is 1. The van der Waals surface area contributed by atoms with Gasteiger partial charge in [0.25, 0.3) is 0 Å². The molecule has 2 heterocycles. The Kier molecular flexibility index (Phi) is 4.36. The van der Waals surface area contributed by atoms with Crippen molar-refractivity contribution in [3.8, 4) is 5.75 Å². The molecule has 0 aliphatic carbocycles. The zero-order valence-electron chi connectivity index (χ0n) is 12.6. The number of likely N-dealkylation sites (tertiary alicyclic amines) is 1. The summed E-state index contributed by atoms with van der Waals surface area (Å²) in [7, 11) is 0. The number of ether oxygens (including phenoxy) is 1. The maximum absolute atomic E-state index is 5.75. The van der Waals surface area contributed by atoms with E-state index < -0.39 is 0 Å². The van der Waals surface area contributed by atoms with Crippen LogP contribution in [0.5, 0.6) is 5.75 Å². The highest BCUT2D eigenvalue weighted by Gasteiger charge is 2.21. The van der Waals surface area contributed by atoms with Gasteiger partial charge in [-0.1, -0.05) is 6.07 Å². The number of fused-ring (bicyclic) bond motifs is 1. The molecule has 2 N–H and O–H groups in total. The van der Waals surface area contributed by atoms with Gasteiger partial charge in [0.1, 0.15) is 5.75 Å². The van der Waals surface area contributed by atoms with Crippen LogP contribution in [-0.2, 0) is 6.54 Å². The summed E-state index contributed by atoms with van der Waals surface area (Å²) in [4.78, 5) is 7.21. The second-order valence-corrected chi connectivity index (χ2v) is 5.72. The number of aromatic nitrogens is 1. The summed E-state index contributed by atoms with van der Waals surface area (Å²) in [6, 6.07) is 10.3. The van der Waals surface area contributed by atoms with E-state index in [9.17, 15) is 0 Å². The lowest BCUT2D eigenvalue weighted by Gasteiger charge is -2.15. The van der Waals surface area contributed by atoms with Gasteiger partial charge >= 0.3 is 0 Å². The van der Waals surface area contributed by atoms with E-state index in [1.165, 1.54) is 6.42 Å². The molecule has 1 aliphatic rings. The van der Waals surface area contributed by atoms with E-state index in [0.717, 1.165) is 48.5 Å². The first kappa shape index (κ1) is 14.3. The number of benzene rings is 1. The minimum absolute atomic E-state index is 0.652. The predicted octanol–water partition coefficient (Wildman–Crippen LogP) is 2.41. The molecule has 0 radical (unpaired) electrons. The molecule has 3 rings (SSSR count). The summed E-state index contributed by atoms with van der Waals surface area (Å²) in [6.07, 6.45) is 1.21. The zero-order chi connectivity index (χ0) is 14.7. The Morgan fingerprint density at radius 3 is 3.00 bits per heavy atom. The fourth-order valence-corrected chi connectivity index (χ4v) is 2.97. The van der Waals surface area contributed by atoms with Gasteiger partial charge in [0.2, 0.25) is 0 Å². The van der Waals surface area contributed by atoms with E-state index in [0.29, 0.717) is 12.5 Å². The van der Waals surface area contributed by atoms with Crippen LogP contribution in [-0.4, -0.2) is 36.1 Å². The van der Waals surface area contributed by atoms with Crippen LogP contribution >= 0.6 is 0 Å². The molecule has 0 amide bonds. The Bertz CT molecular complexity index is 614. The molecule has 1 saturated heterocycles. The van der Waals surface area contributed by atoms with Crippen LogP contribution in [0.15, 0.2) is 30.3 Å². The highest BCUT2D eigenvalue weighted by atomic mass is 16.5. The first-order valence-electron chi connectivity index (χ1n) is 7.73. The van der Waals surface area contributed by atoms with Crippen molar-refractivity contribution < 1.29 is 4.74 Å². The highest BCUT2D eigenvalue weighted by Crippen LogP contribution is 2.22. The minimum atomic E-state index is 0.652. The molecule has 1 fully saturated rings. The van der Waals surface area contributed by atoms with Crippen molar-refractivity contribution in [3.05, 3.63) is 36.0 Å². The molecule has 2 aromatic rings. The fraction of sp³-hybridized carbons (Fsp3) is 0.471. The van der Waals surface area contributed by atoms with Gasteiger partial charge in [0.05, 0.1) is 17.8 Å². The Balaban J connectivity index is 1.74. The summed E-state index contributed by atoms with van der Waals surface area (Å²) >= 11 is 0. The van der Waals surface area contributed by atoms with Crippen LogP contribution in [0.2, 0.25) is 0 Å². The average molecular weight is 285 g/mol. The number of hydrogen-bond acceptors (Lipinski definition) is 4. The van der Waals surface area contributed by atoms with Gasteiger partial charge in [-0.3, -0.25) is 9.88 Å². The fourth-order valence-electron chi connectivity index (χ4n) is 2.97. The molecular weight excluding hydrogens is 262 g/mol. The van der Waals surface area contributed by atoms with Crippen molar-refractivity contribution in [1.29, 1.82) is 0 Å². The summed E-state index contributed by atoms with van der Waals surface area (Å²) < 4.78 is 5.53. The van der Waals surface area contributed by atoms with Gasteiger partial charge in [0, 0.05) is 18.5 Å². The van der Waals surface area contributed by atoms with E-state index in [-0.39, 0.29) is 0 Å². The van der Waals surface area contributed by atoms with Gasteiger partial charge in [-0.25, -0.2) is 0 Å². The minimum Gasteiger partial charge on any atom is -0.494 e. The van der Waals surface area contributed by atoms with E-state index in [2.05, 4.69) is 23.1 Å². The molecule has 1 aliphatic heterocycles. The van der Waals surface area contributed by atoms with Crippen molar-refractivity contribution in [2.24, 2.45) is 11.7 Å². The van der Waals surface area contributed by atoms with E-state index in [1.54, 1.807) is 0 Å². The number of hydrogen-bond donors (Lipinski definition) is 1. The van der Waals surface area contributed by atoms with E-state index >= 15 is 0 Å². The van der Waals surface area contributed by atoms with Crippen molar-refractivity contribution in [1.82, 2.24) is 9.88 Å². The van der Waals surface area contributed by atoms with Crippen LogP contribution < -0.4 is 10.5 Å². The topological polar surface area (TPSA) is 51.4 Å². The average Bonchev–Trinajstić information content (AvgIpc) is 2.95. The Hall–Kier alpha value is -1.65. The second kappa shape index (κ2) is 6.41. The normalized spacial score (nSPS) is 19.2. The van der Waals surface area contributed by atoms with Gasteiger partial charge in [-0.15, -0.1) is 0 Å². The molecular formula is C17H23N3O. The molecule has 4 nitrogen and oxygen atoms in total. The van der Waals surface area contributed by atoms with Gasteiger partial charge in [-0.05, 0) is 56.6 Å². The first-order chi connectivity index (χ1) is 10.3. The summed E-state index contributed by atoms with van der Waals surface area (Å²) in [6.45, 7) is 6.62. The van der Waals surface area contributed by atoms with Crippen LogP contribution in [0.25, 0.3) is 10.9 Å². The van der Waals surface area contributed by atoms with Gasteiger partial charge in [-0.2, -0.15) is 0 Å². The van der Waals surface area contributed by atoms with Crippen LogP contribution in [0.4, 0.5) is 0 Å². The lowest BCUT2D eigenvalue weighted by atomic mass is 10.1. The SMILES string of the molecule is CCOc1ccc2nc(CN3CC[C@H](CN)C3)ccc2c1. The Morgan fingerprint density at radius 1 is 1.33 bits per heavy atom. The summed E-state index contributed by atoms with van der Waals surface area (Å²) in [5.41, 5.74) is 7.91.